The highest BCUT2D eigenvalue weighted by Gasteiger charge is 2.18. The van der Waals surface area contributed by atoms with Crippen LogP contribution in [0, 0.1) is 11.3 Å². The lowest BCUT2D eigenvalue weighted by atomic mass is 10.00. The third-order valence-corrected chi connectivity index (χ3v) is 4.74. The van der Waals surface area contributed by atoms with Crippen LogP contribution in [0.25, 0.3) is 33.6 Å². The van der Waals surface area contributed by atoms with E-state index >= 15 is 0 Å². The second-order valence-corrected chi connectivity index (χ2v) is 6.85. The number of hydrogen-bond acceptors (Lipinski definition) is 4. The Labute approximate surface area is 165 Å². The fourth-order valence-corrected chi connectivity index (χ4v) is 3.23. The molecular weight excluding hydrogens is 404 g/mol. The molecule has 0 saturated heterocycles. The average molecular weight is 419 g/mol. The number of benzene rings is 2. The molecule has 0 fully saturated rings. The van der Waals surface area contributed by atoms with Crippen molar-refractivity contribution in [2.75, 3.05) is 6.61 Å². The van der Waals surface area contributed by atoms with E-state index < -0.39 is 0 Å². The monoisotopic (exact) mass is 418 g/mol. The number of rotatable bonds is 4. The van der Waals surface area contributed by atoms with E-state index in [9.17, 15) is 5.26 Å². The number of halogens is 1. The van der Waals surface area contributed by atoms with Gasteiger partial charge in [-0.15, -0.1) is 0 Å². The van der Waals surface area contributed by atoms with Crippen molar-refractivity contribution in [3.05, 3.63) is 70.7 Å². The normalized spacial score (nSPS) is 10.7. The molecule has 0 radical (unpaired) electrons. The standard InChI is InChI=1S/C22H15BrN2O2/c1-2-26-22-18(13-24)17(14-7-9-16(23)10-8-14)12-19(25-22)21-11-15-5-3-4-6-20(15)27-21/h3-12H,2H2,1H3. The van der Waals surface area contributed by atoms with Crippen molar-refractivity contribution >= 4 is 26.9 Å². The van der Waals surface area contributed by atoms with Crippen molar-refractivity contribution in [2.24, 2.45) is 0 Å². The first-order valence-electron chi connectivity index (χ1n) is 8.52. The molecule has 0 spiro atoms. The summed E-state index contributed by atoms with van der Waals surface area (Å²) in [5.74, 6) is 0.955. The zero-order chi connectivity index (χ0) is 18.8. The molecule has 0 aliphatic carbocycles. The summed E-state index contributed by atoms with van der Waals surface area (Å²) in [5.41, 5.74) is 3.52. The van der Waals surface area contributed by atoms with Gasteiger partial charge in [0.15, 0.2) is 5.76 Å². The maximum absolute atomic E-state index is 9.71. The molecule has 0 aliphatic heterocycles. The molecule has 0 saturated carbocycles. The highest BCUT2D eigenvalue weighted by Crippen LogP contribution is 2.35. The van der Waals surface area contributed by atoms with Gasteiger partial charge in [-0.2, -0.15) is 5.26 Å². The Balaban J connectivity index is 1.94. The lowest BCUT2D eigenvalue weighted by Crippen LogP contribution is -2.01. The van der Waals surface area contributed by atoms with E-state index in [2.05, 4.69) is 27.0 Å². The quantitative estimate of drug-likeness (QED) is 0.396. The second kappa shape index (κ2) is 7.26. The van der Waals surface area contributed by atoms with Crippen LogP contribution in [0.3, 0.4) is 0 Å². The fourth-order valence-electron chi connectivity index (χ4n) is 2.96. The number of nitriles is 1. The molecule has 0 N–H and O–H groups in total. The number of furan rings is 1. The molecular formula is C22H15BrN2O2. The van der Waals surface area contributed by atoms with Crippen LogP contribution in [0.2, 0.25) is 0 Å². The summed E-state index contributed by atoms with van der Waals surface area (Å²) in [6.07, 6.45) is 0. The first kappa shape index (κ1) is 17.3. The minimum Gasteiger partial charge on any atom is -0.477 e. The van der Waals surface area contributed by atoms with E-state index in [4.69, 9.17) is 9.15 Å². The van der Waals surface area contributed by atoms with Crippen molar-refractivity contribution in [1.82, 2.24) is 4.98 Å². The lowest BCUT2D eigenvalue weighted by molar-refractivity contribution is 0.326. The van der Waals surface area contributed by atoms with Crippen molar-refractivity contribution in [1.29, 1.82) is 5.26 Å². The molecule has 5 heteroatoms. The van der Waals surface area contributed by atoms with Gasteiger partial charge in [0, 0.05) is 15.4 Å². The Kier molecular flexibility index (Phi) is 4.66. The van der Waals surface area contributed by atoms with E-state index in [0.29, 0.717) is 29.5 Å². The van der Waals surface area contributed by atoms with Gasteiger partial charge in [-0.25, -0.2) is 4.98 Å². The summed E-state index contributed by atoms with van der Waals surface area (Å²) in [7, 11) is 0. The van der Waals surface area contributed by atoms with Gasteiger partial charge in [-0.3, -0.25) is 0 Å². The largest absolute Gasteiger partial charge is 0.477 e. The van der Waals surface area contributed by atoms with Gasteiger partial charge < -0.3 is 9.15 Å². The zero-order valence-corrected chi connectivity index (χ0v) is 16.2. The fraction of sp³-hybridized carbons (Fsp3) is 0.0909. The van der Waals surface area contributed by atoms with Gasteiger partial charge in [0.05, 0.1) is 6.61 Å². The summed E-state index contributed by atoms with van der Waals surface area (Å²) in [6.45, 7) is 2.29. The average Bonchev–Trinajstić information content (AvgIpc) is 3.12. The SMILES string of the molecule is CCOc1nc(-c2cc3ccccc3o2)cc(-c2ccc(Br)cc2)c1C#N. The number of nitrogens with zero attached hydrogens (tertiary/aromatic N) is 2. The summed E-state index contributed by atoms with van der Waals surface area (Å²) in [5, 5.41) is 10.7. The molecule has 4 rings (SSSR count). The number of para-hydroxylation sites is 1. The summed E-state index contributed by atoms with van der Waals surface area (Å²) in [4.78, 5) is 4.55. The molecule has 2 aromatic carbocycles. The Morgan fingerprint density at radius 3 is 2.59 bits per heavy atom. The Hall–Kier alpha value is -3.10. The van der Waals surface area contributed by atoms with Gasteiger partial charge in [0.25, 0.3) is 0 Å². The molecule has 0 aliphatic rings. The number of ether oxygens (including phenoxy) is 1. The number of hydrogen-bond donors (Lipinski definition) is 0. The molecule has 0 bridgehead atoms. The highest BCUT2D eigenvalue weighted by molar-refractivity contribution is 9.10. The third-order valence-electron chi connectivity index (χ3n) is 4.21. The molecule has 4 aromatic rings. The minimum atomic E-state index is 0.316. The molecule has 0 atom stereocenters. The summed E-state index contributed by atoms with van der Waals surface area (Å²) in [6, 6.07) is 21.7. The van der Waals surface area contributed by atoms with Crippen LogP contribution in [0.4, 0.5) is 0 Å². The Bertz CT molecular complexity index is 1120. The predicted molar refractivity (Wildman–Crippen MR) is 108 cm³/mol. The van der Waals surface area contributed by atoms with Gasteiger partial charge in [0.2, 0.25) is 5.88 Å². The van der Waals surface area contributed by atoms with E-state index in [1.165, 1.54) is 0 Å². The Morgan fingerprint density at radius 1 is 1.11 bits per heavy atom. The topological polar surface area (TPSA) is 59.1 Å². The first-order valence-corrected chi connectivity index (χ1v) is 9.31. The minimum absolute atomic E-state index is 0.316. The van der Waals surface area contributed by atoms with Crippen LogP contribution >= 0.6 is 15.9 Å². The van der Waals surface area contributed by atoms with Crippen molar-refractivity contribution in [3.8, 4) is 34.5 Å². The maximum Gasteiger partial charge on any atom is 0.232 e. The molecule has 4 nitrogen and oxygen atoms in total. The van der Waals surface area contributed by atoms with E-state index in [1.807, 2.05) is 67.6 Å². The first-order chi connectivity index (χ1) is 13.2. The van der Waals surface area contributed by atoms with Crippen molar-refractivity contribution < 1.29 is 9.15 Å². The summed E-state index contributed by atoms with van der Waals surface area (Å²) < 4.78 is 12.6. The number of aromatic nitrogens is 1. The molecule has 0 amide bonds. The molecule has 0 unspecified atom stereocenters. The number of fused-ring (bicyclic) bond motifs is 1. The maximum atomic E-state index is 9.71. The zero-order valence-electron chi connectivity index (χ0n) is 14.6. The van der Waals surface area contributed by atoms with Crippen LogP contribution < -0.4 is 4.74 Å². The third kappa shape index (κ3) is 3.32. The summed E-state index contributed by atoms with van der Waals surface area (Å²) >= 11 is 3.45. The molecule has 27 heavy (non-hydrogen) atoms. The Morgan fingerprint density at radius 2 is 1.89 bits per heavy atom. The van der Waals surface area contributed by atoms with Crippen LogP contribution in [0.5, 0.6) is 5.88 Å². The van der Waals surface area contributed by atoms with Gasteiger partial charge in [-0.05, 0) is 42.8 Å². The number of pyridine rings is 1. The van der Waals surface area contributed by atoms with Crippen LogP contribution in [-0.4, -0.2) is 11.6 Å². The predicted octanol–water partition coefficient (Wildman–Crippen LogP) is 6.19. The smallest absolute Gasteiger partial charge is 0.232 e. The lowest BCUT2D eigenvalue weighted by Gasteiger charge is -2.11. The van der Waals surface area contributed by atoms with E-state index in [1.54, 1.807) is 0 Å². The van der Waals surface area contributed by atoms with Crippen LogP contribution in [0.15, 0.2) is 69.6 Å². The van der Waals surface area contributed by atoms with E-state index in [-0.39, 0.29) is 0 Å². The van der Waals surface area contributed by atoms with Crippen molar-refractivity contribution in [3.63, 3.8) is 0 Å². The second-order valence-electron chi connectivity index (χ2n) is 5.94. The molecule has 2 aromatic heterocycles. The molecule has 2 heterocycles. The van der Waals surface area contributed by atoms with Crippen LogP contribution in [-0.2, 0) is 0 Å². The van der Waals surface area contributed by atoms with Crippen LogP contribution in [0.1, 0.15) is 12.5 Å². The van der Waals surface area contributed by atoms with Gasteiger partial charge >= 0.3 is 0 Å². The highest BCUT2D eigenvalue weighted by atomic mass is 79.9. The van der Waals surface area contributed by atoms with Gasteiger partial charge in [-0.1, -0.05) is 46.3 Å². The van der Waals surface area contributed by atoms with Gasteiger partial charge in [0.1, 0.15) is 22.9 Å². The van der Waals surface area contributed by atoms with Crippen molar-refractivity contribution in [2.45, 2.75) is 6.92 Å². The van der Waals surface area contributed by atoms with E-state index in [0.717, 1.165) is 26.6 Å². The molecule has 132 valence electrons.